The van der Waals surface area contributed by atoms with E-state index >= 15 is 0 Å². The Morgan fingerprint density at radius 3 is 2.76 bits per heavy atom. The quantitative estimate of drug-likeness (QED) is 0.844. The predicted molar refractivity (Wildman–Crippen MR) is 86.5 cm³/mol. The Bertz CT molecular complexity index is 658. The highest BCUT2D eigenvalue weighted by Crippen LogP contribution is 2.24. The first-order chi connectivity index (χ1) is 10.0. The highest BCUT2D eigenvalue weighted by Gasteiger charge is 2.11. The molecule has 0 saturated heterocycles. The number of aryl methyl sites for hydroxylation is 1. The molecule has 0 saturated carbocycles. The molecule has 110 valence electrons. The normalized spacial score (nSPS) is 11.8. The summed E-state index contributed by atoms with van der Waals surface area (Å²) in [5.41, 5.74) is 3.57. The van der Waals surface area contributed by atoms with Gasteiger partial charge in [0, 0.05) is 22.6 Å². The number of benzene rings is 1. The minimum atomic E-state index is -0.338. The fraction of sp³-hybridized carbons (Fsp3) is 0.250. The number of halogens is 1. The summed E-state index contributed by atoms with van der Waals surface area (Å²) in [4.78, 5) is 15.8. The van der Waals surface area contributed by atoms with E-state index in [0.717, 1.165) is 21.3 Å². The second-order valence-electron chi connectivity index (χ2n) is 4.82. The van der Waals surface area contributed by atoms with Crippen LogP contribution in [0.5, 0.6) is 0 Å². The van der Waals surface area contributed by atoms with Gasteiger partial charge in [-0.25, -0.2) is 4.79 Å². The zero-order valence-electron chi connectivity index (χ0n) is 12.2. The standard InChI is InChI=1S/C16H17BrN2O2/c1-10-4-5-12(16(20)21-3)7-15(10)19-11(2)13-6-14(17)9-18-8-13/h4-9,11,19H,1-3H3/t11-/m1/s1. The average molecular weight is 349 g/mol. The zero-order valence-corrected chi connectivity index (χ0v) is 13.8. The Kier molecular flexibility index (Phi) is 4.96. The Morgan fingerprint density at radius 2 is 2.10 bits per heavy atom. The van der Waals surface area contributed by atoms with E-state index in [0.29, 0.717) is 5.56 Å². The second kappa shape index (κ2) is 6.72. The summed E-state index contributed by atoms with van der Waals surface area (Å²) in [6.07, 6.45) is 3.57. The summed E-state index contributed by atoms with van der Waals surface area (Å²) in [6, 6.07) is 7.56. The number of hydrogen-bond donors (Lipinski definition) is 1. The van der Waals surface area contributed by atoms with Crippen LogP contribution >= 0.6 is 15.9 Å². The zero-order chi connectivity index (χ0) is 15.4. The van der Waals surface area contributed by atoms with Gasteiger partial charge in [0.15, 0.2) is 0 Å². The monoisotopic (exact) mass is 348 g/mol. The first-order valence-electron chi connectivity index (χ1n) is 6.57. The molecule has 0 aliphatic carbocycles. The van der Waals surface area contributed by atoms with Crippen LogP contribution in [-0.2, 0) is 4.74 Å². The van der Waals surface area contributed by atoms with Crippen molar-refractivity contribution in [1.29, 1.82) is 0 Å². The van der Waals surface area contributed by atoms with E-state index < -0.39 is 0 Å². The van der Waals surface area contributed by atoms with Crippen molar-refractivity contribution in [3.05, 3.63) is 57.8 Å². The van der Waals surface area contributed by atoms with E-state index in [1.165, 1.54) is 7.11 Å². The molecule has 21 heavy (non-hydrogen) atoms. The Morgan fingerprint density at radius 1 is 1.33 bits per heavy atom. The summed E-state index contributed by atoms with van der Waals surface area (Å²) in [6.45, 7) is 4.04. The lowest BCUT2D eigenvalue weighted by Gasteiger charge is -2.18. The van der Waals surface area contributed by atoms with Crippen molar-refractivity contribution in [2.75, 3.05) is 12.4 Å². The van der Waals surface area contributed by atoms with Crippen LogP contribution in [0.15, 0.2) is 41.1 Å². The van der Waals surface area contributed by atoms with Gasteiger partial charge in [0.1, 0.15) is 0 Å². The molecule has 1 aromatic carbocycles. The lowest BCUT2D eigenvalue weighted by atomic mass is 10.1. The van der Waals surface area contributed by atoms with Crippen LogP contribution in [0.25, 0.3) is 0 Å². The van der Waals surface area contributed by atoms with Gasteiger partial charge in [-0.05, 0) is 59.1 Å². The van der Waals surface area contributed by atoms with Crippen molar-refractivity contribution in [2.24, 2.45) is 0 Å². The largest absolute Gasteiger partial charge is 0.465 e. The van der Waals surface area contributed by atoms with Crippen molar-refractivity contribution < 1.29 is 9.53 Å². The number of nitrogens with zero attached hydrogens (tertiary/aromatic N) is 1. The van der Waals surface area contributed by atoms with Crippen LogP contribution in [0, 0.1) is 6.92 Å². The van der Waals surface area contributed by atoms with E-state index in [9.17, 15) is 4.79 Å². The molecule has 0 radical (unpaired) electrons. The molecule has 0 fully saturated rings. The van der Waals surface area contributed by atoms with E-state index in [2.05, 4.69) is 26.2 Å². The number of ether oxygens (including phenoxy) is 1. The van der Waals surface area contributed by atoms with E-state index in [4.69, 9.17) is 4.74 Å². The van der Waals surface area contributed by atoms with E-state index in [-0.39, 0.29) is 12.0 Å². The van der Waals surface area contributed by atoms with E-state index in [1.54, 1.807) is 12.3 Å². The summed E-state index contributed by atoms with van der Waals surface area (Å²) < 4.78 is 5.69. The van der Waals surface area contributed by atoms with Gasteiger partial charge in [0.2, 0.25) is 0 Å². The SMILES string of the molecule is COC(=O)c1ccc(C)c(N[C@H](C)c2cncc(Br)c2)c1. The number of esters is 1. The van der Waals surface area contributed by atoms with Crippen molar-refractivity contribution in [3.63, 3.8) is 0 Å². The van der Waals surface area contributed by atoms with Gasteiger partial charge in [0.05, 0.1) is 18.7 Å². The number of aromatic nitrogens is 1. The van der Waals surface area contributed by atoms with Crippen LogP contribution in [0.2, 0.25) is 0 Å². The van der Waals surface area contributed by atoms with Crippen LogP contribution in [0.3, 0.4) is 0 Å². The maximum Gasteiger partial charge on any atom is 0.337 e. The smallest absolute Gasteiger partial charge is 0.337 e. The molecule has 1 atom stereocenters. The summed E-state index contributed by atoms with van der Waals surface area (Å²) >= 11 is 3.42. The highest BCUT2D eigenvalue weighted by molar-refractivity contribution is 9.10. The van der Waals surface area contributed by atoms with Gasteiger partial charge in [0.25, 0.3) is 0 Å². The number of pyridine rings is 1. The van der Waals surface area contributed by atoms with Gasteiger partial charge in [-0.2, -0.15) is 0 Å². The minimum Gasteiger partial charge on any atom is -0.465 e. The summed E-state index contributed by atoms with van der Waals surface area (Å²) in [5.74, 6) is -0.338. The van der Waals surface area contributed by atoms with Gasteiger partial charge in [-0.1, -0.05) is 6.07 Å². The van der Waals surface area contributed by atoms with Crippen LogP contribution in [0.4, 0.5) is 5.69 Å². The third kappa shape index (κ3) is 3.82. The van der Waals surface area contributed by atoms with Gasteiger partial charge < -0.3 is 10.1 Å². The highest BCUT2D eigenvalue weighted by atomic mass is 79.9. The molecule has 0 unspecified atom stereocenters. The van der Waals surface area contributed by atoms with Crippen molar-refractivity contribution in [1.82, 2.24) is 4.98 Å². The maximum absolute atomic E-state index is 11.6. The summed E-state index contributed by atoms with van der Waals surface area (Å²) in [7, 11) is 1.38. The molecule has 0 amide bonds. The molecular weight excluding hydrogens is 332 g/mol. The van der Waals surface area contributed by atoms with Crippen LogP contribution < -0.4 is 5.32 Å². The number of carbonyl (C=O) groups excluding carboxylic acids is 1. The Balaban J connectivity index is 2.24. The average Bonchev–Trinajstić information content (AvgIpc) is 2.48. The first-order valence-corrected chi connectivity index (χ1v) is 7.36. The molecule has 2 rings (SSSR count). The lowest BCUT2D eigenvalue weighted by Crippen LogP contribution is -2.09. The molecule has 0 aliphatic heterocycles. The third-order valence-corrected chi connectivity index (χ3v) is 3.69. The second-order valence-corrected chi connectivity index (χ2v) is 5.74. The van der Waals surface area contributed by atoms with Crippen molar-refractivity contribution in [3.8, 4) is 0 Å². The number of methoxy groups -OCH3 is 1. The Hall–Kier alpha value is -1.88. The van der Waals surface area contributed by atoms with Gasteiger partial charge >= 0.3 is 5.97 Å². The first kappa shape index (κ1) is 15.5. The number of hydrogen-bond acceptors (Lipinski definition) is 4. The maximum atomic E-state index is 11.6. The molecule has 0 bridgehead atoms. The number of nitrogens with one attached hydrogen (secondary N) is 1. The van der Waals surface area contributed by atoms with Crippen molar-refractivity contribution >= 4 is 27.6 Å². The molecule has 1 N–H and O–H groups in total. The minimum absolute atomic E-state index is 0.0709. The lowest BCUT2D eigenvalue weighted by molar-refractivity contribution is 0.0601. The number of rotatable bonds is 4. The van der Waals surface area contributed by atoms with Crippen molar-refractivity contribution in [2.45, 2.75) is 19.9 Å². The molecule has 1 aromatic heterocycles. The molecule has 1 heterocycles. The molecule has 4 nitrogen and oxygen atoms in total. The number of carbonyl (C=O) groups is 1. The molecular formula is C16H17BrN2O2. The van der Waals surface area contributed by atoms with E-state index in [1.807, 2.05) is 38.2 Å². The molecule has 5 heteroatoms. The Labute approximate surface area is 132 Å². The topological polar surface area (TPSA) is 51.2 Å². The third-order valence-electron chi connectivity index (χ3n) is 3.26. The van der Waals surface area contributed by atoms with Gasteiger partial charge in [-0.3, -0.25) is 4.98 Å². The number of anilines is 1. The van der Waals surface area contributed by atoms with Crippen LogP contribution in [-0.4, -0.2) is 18.1 Å². The molecule has 0 aliphatic rings. The van der Waals surface area contributed by atoms with Crippen LogP contribution in [0.1, 0.15) is 34.5 Å². The van der Waals surface area contributed by atoms with Gasteiger partial charge in [-0.15, -0.1) is 0 Å². The fourth-order valence-corrected chi connectivity index (χ4v) is 2.39. The summed E-state index contributed by atoms with van der Waals surface area (Å²) in [5, 5.41) is 3.40. The molecule has 0 spiro atoms. The molecule has 2 aromatic rings. The predicted octanol–water partition coefficient (Wildman–Crippen LogP) is 4.11. The fourth-order valence-electron chi connectivity index (χ4n) is 2.00.